The van der Waals surface area contributed by atoms with Crippen LogP contribution in [0, 0.1) is 0 Å². The second-order valence-electron chi connectivity index (χ2n) is 7.44. The van der Waals surface area contributed by atoms with Crippen molar-refractivity contribution in [1.82, 2.24) is 4.90 Å². The van der Waals surface area contributed by atoms with Gasteiger partial charge in [-0.2, -0.15) is 0 Å². The summed E-state index contributed by atoms with van der Waals surface area (Å²) in [5.74, 6) is 0.0119. The summed E-state index contributed by atoms with van der Waals surface area (Å²) in [7, 11) is 0. The van der Waals surface area contributed by atoms with Crippen LogP contribution in [0.4, 0.5) is 5.69 Å². The molecule has 0 bridgehead atoms. The SMILES string of the molecule is CC(C)Oc1ccc(N2C(=O)C(c3ccc(Cl)cc3)=C(N3CCOCC3)C2=O)cc1. The van der Waals surface area contributed by atoms with Crippen LogP contribution in [-0.4, -0.2) is 49.1 Å². The van der Waals surface area contributed by atoms with Gasteiger partial charge in [-0.3, -0.25) is 9.59 Å². The molecule has 0 aromatic heterocycles. The Morgan fingerprint density at radius 2 is 1.57 bits per heavy atom. The summed E-state index contributed by atoms with van der Waals surface area (Å²) in [4.78, 5) is 30.0. The summed E-state index contributed by atoms with van der Waals surface area (Å²) in [5, 5.41) is 0.571. The molecule has 0 N–H and O–H groups in total. The summed E-state index contributed by atoms with van der Waals surface area (Å²) >= 11 is 6.03. The van der Waals surface area contributed by atoms with Crippen LogP contribution in [0.5, 0.6) is 5.75 Å². The molecule has 2 aromatic carbocycles. The van der Waals surface area contributed by atoms with Crippen molar-refractivity contribution >= 4 is 34.7 Å². The van der Waals surface area contributed by atoms with E-state index in [2.05, 4.69) is 0 Å². The smallest absolute Gasteiger partial charge is 0.282 e. The minimum absolute atomic E-state index is 0.0389. The highest BCUT2D eigenvalue weighted by Gasteiger charge is 2.42. The molecule has 4 rings (SSSR count). The number of morpholine rings is 1. The summed E-state index contributed by atoms with van der Waals surface area (Å²) in [6.07, 6.45) is 0.0389. The van der Waals surface area contributed by atoms with E-state index >= 15 is 0 Å². The first-order valence-electron chi connectivity index (χ1n) is 9.94. The Morgan fingerprint density at radius 1 is 0.933 bits per heavy atom. The standard InChI is InChI=1S/C23H23ClN2O4/c1-15(2)30-19-9-7-18(8-10-19)26-22(27)20(16-3-5-17(24)6-4-16)21(23(26)28)25-11-13-29-14-12-25/h3-10,15H,11-14H2,1-2H3. The molecule has 2 heterocycles. The van der Waals surface area contributed by atoms with Gasteiger partial charge in [0.05, 0.1) is 30.6 Å². The van der Waals surface area contributed by atoms with E-state index in [1.807, 2.05) is 18.7 Å². The zero-order chi connectivity index (χ0) is 21.3. The normalized spacial score (nSPS) is 17.3. The predicted molar refractivity (Wildman–Crippen MR) is 115 cm³/mol. The highest BCUT2D eigenvalue weighted by molar-refractivity contribution is 6.45. The van der Waals surface area contributed by atoms with Crippen molar-refractivity contribution in [3.8, 4) is 5.75 Å². The number of imide groups is 1. The van der Waals surface area contributed by atoms with E-state index in [1.54, 1.807) is 48.5 Å². The fraction of sp³-hybridized carbons (Fsp3) is 0.304. The highest BCUT2D eigenvalue weighted by Crippen LogP contribution is 2.36. The molecule has 7 heteroatoms. The third-order valence-electron chi connectivity index (χ3n) is 4.99. The molecule has 0 radical (unpaired) electrons. The van der Waals surface area contributed by atoms with Crippen LogP contribution in [0.2, 0.25) is 5.02 Å². The monoisotopic (exact) mass is 426 g/mol. The third kappa shape index (κ3) is 3.93. The Kier molecular flexibility index (Phi) is 5.79. The van der Waals surface area contributed by atoms with Gasteiger partial charge in [0.15, 0.2) is 0 Å². The number of nitrogens with zero attached hydrogens (tertiary/aromatic N) is 2. The van der Waals surface area contributed by atoms with E-state index in [4.69, 9.17) is 21.1 Å². The van der Waals surface area contributed by atoms with Crippen molar-refractivity contribution in [1.29, 1.82) is 0 Å². The van der Waals surface area contributed by atoms with Crippen LogP contribution in [0.3, 0.4) is 0 Å². The average Bonchev–Trinajstić information content (AvgIpc) is 3.00. The fourth-order valence-corrected chi connectivity index (χ4v) is 3.78. The number of benzene rings is 2. The van der Waals surface area contributed by atoms with Crippen molar-refractivity contribution in [2.24, 2.45) is 0 Å². The number of amides is 2. The van der Waals surface area contributed by atoms with Gasteiger partial charge in [-0.05, 0) is 55.8 Å². The number of carbonyl (C=O) groups excluding carboxylic acids is 2. The number of halogens is 1. The van der Waals surface area contributed by atoms with Crippen molar-refractivity contribution < 1.29 is 19.1 Å². The Bertz CT molecular complexity index is 977. The summed E-state index contributed by atoms with van der Waals surface area (Å²) in [6.45, 7) is 6.03. The highest BCUT2D eigenvalue weighted by atomic mass is 35.5. The molecular weight excluding hydrogens is 404 g/mol. The van der Waals surface area contributed by atoms with Gasteiger partial charge in [0.2, 0.25) is 0 Å². The lowest BCUT2D eigenvalue weighted by molar-refractivity contribution is -0.121. The Labute approximate surface area is 180 Å². The van der Waals surface area contributed by atoms with E-state index < -0.39 is 0 Å². The van der Waals surface area contributed by atoms with E-state index in [-0.39, 0.29) is 17.9 Å². The first kappa shape index (κ1) is 20.4. The number of carbonyl (C=O) groups is 2. The maximum Gasteiger partial charge on any atom is 0.282 e. The van der Waals surface area contributed by atoms with Gasteiger partial charge in [-0.15, -0.1) is 0 Å². The number of anilines is 1. The molecule has 2 amide bonds. The maximum atomic E-state index is 13.4. The second-order valence-corrected chi connectivity index (χ2v) is 7.87. The van der Waals surface area contributed by atoms with Gasteiger partial charge < -0.3 is 14.4 Å². The number of rotatable bonds is 5. The van der Waals surface area contributed by atoms with E-state index in [0.717, 1.165) is 0 Å². The minimum atomic E-state index is -0.346. The van der Waals surface area contributed by atoms with E-state index in [9.17, 15) is 9.59 Å². The molecule has 1 saturated heterocycles. The van der Waals surface area contributed by atoms with Crippen LogP contribution in [0.15, 0.2) is 54.2 Å². The molecule has 0 saturated carbocycles. The predicted octanol–water partition coefficient (Wildman–Crippen LogP) is 3.74. The molecule has 0 aliphatic carbocycles. The van der Waals surface area contributed by atoms with Crippen LogP contribution in [0.1, 0.15) is 19.4 Å². The number of hydrogen-bond acceptors (Lipinski definition) is 5. The van der Waals surface area contributed by atoms with Gasteiger partial charge in [-0.25, -0.2) is 4.90 Å². The van der Waals surface area contributed by atoms with Crippen molar-refractivity contribution in [3.05, 3.63) is 64.8 Å². The average molecular weight is 427 g/mol. The van der Waals surface area contributed by atoms with Crippen LogP contribution >= 0.6 is 11.6 Å². The van der Waals surface area contributed by atoms with Gasteiger partial charge >= 0.3 is 0 Å². The van der Waals surface area contributed by atoms with Crippen LogP contribution < -0.4 is 9.64 Å². The Hall–Kier alpha value is -2.83. The van der Waals surface area contributed by atoms with Crippen LogP contribution in [-0.2, 0) is 14.3 Å². The molecule has 2 aromatic rings. The summed E-state index contributed by atoms with van der Waals surface area (Å²) in [5.41, 5.74) is 1.98. The zero-order valence-electron chi connectivity index (χ0n) is 16.9. The van der Waals surface area contributed by atoms with E-state index in [0.29, 0.717) is 59.6 Å². The lowest BCUT2D eigenvalue weighted by Gasteiger charge is -2.29. The number of hydrogen-bond donors (Lipinski definition) is 0. The molecule has 30 heavy (non-hydrogen) atoms. The van der Waals surface area contributed by atoms with Crippen molar-refractivity contribution in [2.45, 2.75) is 20.0 Å². The molecule has 2 aliphatic rings. The molecule has 0 spiro atoms. The number of ether oxygens (including phenoxy) is 2. The molecule has 0 unspecified atom stereocenters. The maximum absolute atomic E-state index is 13.4. The summed E-state index contributed by atoms with van der Waals surface area (Å²) in [6, 6.07) is 14.0. The van der Waals surface area contributed by atoms with Gasteiger partial charge in [-0.1, -0.05) is 23.7 Å². The third-order valence-corrected chi connectivity index (χ3v) is 5.24. The van der Waals surface area contributed by atoms with Gasteiger partial charge in [0, 0.05) is 18.1 Å². The molecule has 1 fully saturated rings. The fourth-order valence-electron chi connectivity index (χ4n) is 3.66. The van der Waals surface area contributed by atoms with E-state index in [1.165, 1.54) is 4.90 Å². The Balaban J connectivity index is 1.73. The lowest BCUT2D eigenvalue weighted by Crippen LogP contribution is -2.40. The van der Waals surface area contributed by atoms with Crippen molar-refractivity contribution in [3.63, 3.8) is 0 Å². The van der Waals surface area contributed by atoms with Crippen molar-refractivity contribution in [2.75, 3.05) is 31.2 Å². The lowest BCUT2D eigenvalue weighted by atomic mass is 10.0. The first-order valence-corrected chi connectivity index (χ1v) is 10.3. The second kappa shape index (κ2) is 8.50. The molecule has 0 atom stereocenters. The first-order chi connectivity index (χ1) is 14.5. The van der Waals surface area contributed by atoms with Crippen LogP contribution in [0.25, 0.3) is 5.57 Å². The molecular formula is C23H23ClN2O4. The quantitative estimate of drug-likeness (QED) is 0.681. The van der Waals surface area contributed by atoms with Gasteiger partial charge in [0.1, 0.15) is 11.4 Å². The molecule has 156 valence electrons. The summed E-state index contributed by atoms with van der Waals surface area (Å²) < 4.78 is 11.1. The Morgan fingerprint density at radius 3 is 2.17 bits per heavy atom. The van der Waals surface area contributed by atoms with Gasteiger partial charge in [0.25, 0.3) is 11.8 Å². The topological polar surface area (TPSA) is 59.1 Å². The largest absolute Gasteiger partial charge is 0.491 e. The molecule has 6 nitrogen and oxygen atoms in total. The zero-order valence-corrected chi connectivity index (χ0v) is 17.7. The minimum Gasteiger partial charge on any atom is -0.491 e. The molecule has 2 aliphatic heterocycles.